The molecule has 1 heterocycles. The van der Waals surface area contributed by atoms with Gasteiger partial charge in [-0.3, -0.25) is 19.1 Å². The highest BCUT2D eigenvalue weighted by molar-refractivity contribution is 7.99. The Labute approximate surface area is 159 Å². The van der Waals surface area contributed by atoms with E-state index in [9.17, 15) is 19.2 Å². The number of H-pyrrole nitrogens is 1. The summed E-state index contributed by atoms with van der Waals surface area (Å²) < 4.78 is 6.19. The normalized spacial score (nSPS) is 10.6. The Hall–Kier alpha value is -2.81. The molecule has 0 radical (unpaired) electrons. The van der Waals surface area contributed by atoms with Crippen molar-refractivity contribution in [3.63, 3.8) is 0 Å². The van der Waals surface area contributed by atoms with Crippen molar-refractivity contribution < 1.29 is 14.3 Å². The molecule has 2 rings (SSSR count). The van der Waals surface area contributed by atoms with Crippen LogP contribution in [0.1, 0.15) is 41.0 Å². The molecule has 0 saturated carbocycles. The lowest BCUT2D eigenvalue weighted by atomic mass is 10.2. The molecule has 0 amide bonds. The van der Waals surface area contributed by atoms with Crippen LogP contribution in [0.2, 0.25) is 0 Å². The number of nitrogens with zero attached hydrogens (tertiary/aromatic N) is 1. The molecule has 0 fully saturated rings. The van der Waals surface area contributed by atoms with Crippen LogP contribution in [0.3, 0.4) is 0 Å². The Balaban J connectivity index is 2.22. The van der Waals surface area contributed by atoms with Crippen molar-refractivity contribution in [1.29, 1.82) is 0 Å². The number of anilines is 1. The van der Waals surface area contributed by atoms with E-state index in [0.29, 0.717) is 12.0 Å². The van der Waals surface area contributed by atoms with Gasteiger partial charge in [0.05, 0.1) is 5.56 Å². The van der Waals surface area contributed by atoms with Crippen molar-refractivity contribution in [3.05, 3.63) is 56.2 Å². The van der Waals surface area contributed by atoms with Crippen LogP contribution in [0.5, 0.6) is 0 Å². The minimum atomic E-state index is -0.896. The molecule has 0 saturated heterocycles. The third-order valence-corrected chi connectivity index (χ3v) is 4.66. The number of nitrogen functional groups attached to an aromatic ring is 1. The molecule has 0 aliphatic carbocycles. The Morgan fingerprint density at radius 2 is 1.93 bits per heavy atom. The topological polar surface area (TPSA) is 124 Å². The van der Waals surface area contributed by atoms with Crippen LogP contribution in [0.15, 0.2) is 38.8 Å². The molecule has 0 atom stereocenters. The molecule has 0 aliphatic rings. The number of benzene rings is 1. The van der Waals surface area contributed by atoms with Crippen molar-refractivity contribution in [3.8, 4) is 0 Å². The zero-order valence-corrected chi connectivity index (χ0v) is 15.9. The van der Waals surface area contributed by atoms with Crippen molar-refractivity contribution in [1.82, 2.24) is 9.55 Å². The predicted octanol–water partition coefficient (Wildman–Crippen LogP) is 1.68. The fourth-order valence-corrected chi connectivity index (χ4v) is 3.29. The highest BCUT2D eigenvalue weighted by Crippen LogP contribution is 2.23. The average molecular weight is 391 g/mol. The Kier molecular flexibility index (Phi) is 7.00. The second-order valence-electron chi connectivity index (χ2n) is 5.60. The first-order chi connectivity index (χ1) is 12.9. The SMILES string of the molecule is CCCn1c(N)c(C(=O)COC(=O)c2ccccc2SCC)c(=O)[nH]c1=O. The lowest BCUT2D eigenvalue weighted by molar-refractivity contribution is 0.0471. The van der Waals surface area contributed by atoms with Gasteiger partial charge in [-0.15, -0.1) is 11.8 Å². The van der Waals surface area contributed by atoms with Crippen molar-refractivity contribution >= 4 is 29.3 Å². The molecule has 0 unspecified atom stereocenters. The van der Waals surface area contributed by atoms with Gasteiger partial charge in [-0.05, 0) is 24.3 Å². The van der Waals surface area contributed by atoms with E-state index in [-0.39, 0.29) is 17.9 Å². The van der Waals surface area contributed by atoms with E-state index in [2.05, 4.69) is 4.98 Å². The zero-order valence-electron chi connectivity index (χ0n) is 15.1. The van der Waals surface area contributed by atoms with Crippen LogP contribution in [0.25, 0.3) is 0 Å². The average Bonchev–Trinajstić information content (AvgIpc) is 2.63. The van der Waals surface area contributed by atoms with E-state index in [1.165, 1.54) is 11.8 Å². The van der Waals surface area contributed by atoms with Gasteiger partial charge in [0.1, 0.15) is 11.4 Å². The maximum Gasteiger partial charge on any atom is 0.339 e. The number of rotatable bonds is 8. The number of hydrogen-bond acceptors (Lipinski definition) is 7. The number of nitrogens with two attached hydrogens (primary N) is 1. The van der Waals surface area contributed by atoms with E-state index in [4.69, 9.17) is 10.5 Å². The van der Waals surface area contributed by atoms with E-state index < -0.39 is 29.6 Å². The second-order valence-corrected chi connectivity index (χ2v) is 6.91. The van der Waals surface area contributed by atoms with Gasteiger partial charge in [0, 0.05) is 11.4 Å². The summed E-state index contributed by atoms with van der Waals surface area (Å²) in [5.74, 6) is -0.897. The van der Waals surface area contributed by atoms with E-state index in [1.54, 1.807) is 24.3 Å². The number of carbonyl (C=O) groups is 2. The smallest absolute Gasteiger partial charge is 0.339 e. The number of thioether (sulfide) groups is 1. The van der Waals surface area contributed by atoms with Crippen molar-refractivity contribution in [2.45, 2.75) is 31.7 Å². The number of esters is 1. The summed E-state index contributed by atoms with van der Waals surface area (Å²) in [6.07, 6.45) is 0.588. The monoisotopic (exact) mass is 391 g/mol. The minimum absolute atomic E-state index is 0.228. The standard InChI is InChI=1S/C18H21N3O5S/c1-3-9-21-15(19)14(16(23)20-18(21)25)12(22)10-26-17(24)11-7-5-6-8-13(11)27-4-2/h5-8H,3-4,9-10,19H2,1-2H3,(H,20,23,25). The third kappa shape index (κ3) is 4.68. The van der Waals surface area contributed by atoms with Gasteiger partial charge < -0.3 is 10.5 Å². The molecular weight excluding hydrogens is 370 g/mol. The van der Waals surface area contributed by atoms with Crippen LogP contribution in [0, 0.1) is 0 Å². The molecule has 2 aromatic rings. The highest BCUT2D eigenvalue weighted by atomic mass is 32.2. The summed E-state index contributed by atoms with van der Waals surface area (Å²) in [4.78, 5) is 51.3. The Morgan fingerprint density at radius 1 is 1.22 bits per heavy atom. The van der Waals surface area contributed by atoms with E-state index in [1.807, 2.05) is 13.8 Å². The molecule has 9 heteroatoms. The van der Waals surface area contributed by atoms with Crippen LogP contribution in [-0.2, 0) is 11.3 Å². The maximum absolute atomic E-state index is 12.4. The molecule has 8 nitrogen and oxygen atoms in total. The molecule has 0 aliphatic heterocycles. The van der Waals surface area contributed by atoms with Crippen LogP contribution in [-0.4, -0.2) is 33.7 Å². The largest absolute Gasteiger partial charge is 0.454 e. The van der Waals surface area contributed by atoms with Gasteiger partial charge in [-0.25, -0.2) is 9.59 Å². The number of nitrogens with one attached hydrogen (secondary N) is 1. The summed E-state index contributed by atoms with van der Waals surface area (Å²) in [5, 5.41) is 0. The maximum atomic E-state index is 12.4. The summed E-state index contributed by atoms with van der Waals surface area (Å²) >= 11 is 1.48. The van der Waals surface area contributed by atoms with E-state index >= 15 is 0 Å². The number of Topliss-reactive ketones (excluding diaryl/α,β-unsaturated/α-hetero) is 1. The number of hydrogen-bond donors (Lipinski definition) is 2. The van der Waals surface area contributed by atoms with Crippen LogP contribution < -0.4 is 17.0 Å². The molecule has 0 spiro atoms. The third-order valence-electron chi connectivity index (χ3n) is 3.71. The lowest BCUT2D eigenvalue weighted by Crippen LogP contribution is -2.37. The van der Waals surface area contributed by atoms with Gasteiger partial charge in [0.25, 0.3) is 5.56 Å². The first kappa shape index (κ1) is 20.5. The molecule has 27 heavy (non-hydrogen) atoms. The quantitative estimate of drug-likeness (QED) is 0.398. The fraction of sp³-hybridized carbons (Fsp3) is 0.333. The zero-order chi connectivity index (χ0) is 20.0. The summed E-state index contributed by atoms with van der Waals surface area (Å²) in [6.45, 7) is 3.38. The van der Waals surface area contributed by atoms with Crippen LogP contribution >= 0.6 is 11.8 Å². The lowest BCUT2D eigenvalue weighted by Gasteiger charge is -2.12. The Bertz CT molecular complexity index is 964. The molecule has 0 bridgehead atoms. The highest BCUT2D eigenvalue weighted by Gasteiger charge is 2.21. The number of aromatic nitrogens is 2. The van der Waals surface area contributed by atoms with Crippen LogP contribution in [0.4, 0.5) is 5.82 Å². The number of ketones is 1. The first-order valence-corrected chi connectivity index (χ1v) is 9.43. The van der Waals surface area contributed by atoms with Gasteiger partial charge >= 0.3 is 11.7 Å². The second kappa shape index (κ2) is 9.22. The van der Waals surface area contributed by atoms with Crippen molar-refractivity contribution in [2.75, 3.05) is 18.1 Å². The number of aromatic amines is 1. The fourth-order valence-electron chi connectivity index (χ4n) is 2.50. The Morgan fingerprint density at radius 3 is 2.59 bits per heavy atom. The first-order valence-electron chi connectivity index (χ1n) is 8.45. The molecule has 1 aromatic carbocycles. The molecule has 144 valence electrons. The van der Waals surface area contributed by atoms with Gasteiger partial charge in [0.2, 0.25) is 5.78 Å². The minimum Gasteiger partial charge on any atom is -0.454 e. The summed E-state index contributed by atoms with van der Waals surface area (Å²) in [7, 11) is 0. The van der Waals surface area contributed by atoms with Gasteiger partial charge in [0.15, 0.2) is 6.61 Å². The molecular formula is C18H21N3O5S. The van der Waals surface area contributed by atoms with E-state index in [0.717, 1.165) is 15.2 Å². The summed E-state index contributed by atoms with van der Waals surface area (Å²) in [5.41, 5.74) is 4.21. The molecule has 3 N–H and O–H groups in total. The number of ether oxygens (including phenoxy) is 1. The van der Waals surface area contributed by atoms with Gasteiger partial charge in [-0.2, -0.15) is 0 Å². The predicted molar refractivity (Wildman–Crippen MR) is 103 cm³/mol. The van der Waals surface area contributed by atoms with Crippen molar-refractivity contribution in [2.24, 2.45) is 0 Å². The summed E-state index contributed by atoms with van der Waals surface area (Å²) in [6, 6.07) is 6.89. The molecule has 1 aromatic heterocycles. The van der Waals surface area contributed by atoms with Gasteiger partial charge in [-0.1, -0.05) is 26.0 Å². The number of carbonyl (C=O) groups excluding carboxylic acids is 2.